The van der Waals surface area contributed by atoms with Crippen molar-refractivity contribution in [3.8, 4) is 0 Å². The summed E-state index contributed by atoms with van der Waals surface area (Å²) in [5.41, 5.74) is 1.54. The minimum absolute atomic E-state index is 0.201. The van der Waals surface area contributed by atoms with Crippen LogP contribution in [0.5, 0.6) is 0 Å². The molecule has 3 heteroatoms. The Morgan fingerprint density at radius 2 is 1.90 bits per heavy atom. The predicted octanol–water partition coefficient (Wildman–Crippen LogP) is 0.369. The molecule has 1 aliphatic heterocycles. The molecule has 0 saturated carbocycles. The molecule has 1 aliphatic rings. The van der Waals surface area contributed by atoms with Crippen LogP contribution in [0.3, 0.4) is 0 Å². The van der Waals surface area contributed by atoms with Crippen LogP contribution in [-0.2, 0) is 9.59 Å². The minimum Gasteiger partial charge on any atom is -0.292 e. The van der Waals surface area contributed by atoms with Crippen molar-refractivity contribution in [3.05, 3.63) is 11.1 Å². The monoisotopic (exact) mass is 139 g/mol. The van der Waals surface area contributed by atoms with Gasteiger partial charge in [-0.15, -0.1) is 0 Å². The Morgan fingerprint density at radius 1 is 1.30 bits per heavy atom. The van der Waals surface area contributed by atoms with E-state index in [9.17, 15) is 9.59 Å². The molecule has 3 nitrogen and oxygen atoms in total. The van der Waals surface area contributed by atoms with E-state index in [0.29, 0.717) is 12.0 Å². The van der Waals surface area contributed by atoms with Crippen molar-refractivity contribution in [1.29, 1.82) is 0 Å². The zero-order valence-corrected chi connectivity index (χ0v) is 6.02. The molecule has 0 aromatic heterocycles. The highest BCUT2D eigenvalue weighted by Gasteiger charge is 2.18. The van der Waals surface area contributed by atoms with Gasteiger partial charge >= 0.3 is 0 Å². The van der Waals surface area contributed by atoms with Gasteiger partial charge in [-0.05, 0) is 13.8 Å². The van der Waals surface area contributed by atoms with E-state index in [1.54, 1.807) is 13.8 Å². The van der Waals surface area contributed by atoms with E-state index in [1.165, 1.54) is 0 Å². The zero-order valence-electron chi connectivity index (χ0n) is 6.02. The Balaban J connectivity index is 2.95. The van der Waals surface area contributed by atoms with Gasteiger partial charge in [-0.2, -0.15) is 0 Å². The first-order valence-corrected chi connectivity index (χ1v) is 3.12. The first-order valence-electron chi connectivity index (χ1n) is 3.12. The van der Waals surface area contributed by atoms with Crippen molar-refractivity contribution < 1.29 is 9.59 Å². The van der Waals surface area contributed by atoms with E-state index in [2.05, 4.69) is 5.32 Å². The van der Waals surface area contributed by atoms with Crippen LogP contribution in [0.25, 0.3) is 0 Å². The summed E-state index contributed by atoms with van der Waals surface area (Å²) in [6, 6.07) is 0. The van der Waals surface area contributed by atoms with Crippen LogP contribution in [0.1, 0.15) is 20.3 Å². The van der Waals surface area contributed by atoms with E-state index in [0.717, 1.165) is 5.57 Å². The highest BCUT2D eigenvalue weighted by Crippen LogP contribution is 2.11. The lowest BCUT2D eigenvalue weighted by Gasteiger charge is -2.12. The third-order valence-electron chi connectivity index (χ3n) is 1.66. The van der Waals surface area contributed by atoms with Gasteiger partial charge in [0.25, 0.3) is 5.91 Å². The first kappa shape index (κ1) is 6.99. The molecule has 0 unspecified atom stereocenters. The standard InChI is InChI=1S/C7H9NO2/c1-4-3-6(9)8-7(10)5(4)2/h3H2,1-2H3,(H,8,9,10). The lowest BCUT2D eigenvalue weighted by molar-refractivity contribution is -0.129. The summed E-state index contributed by atoms with van der Waals surface area (Å²) in [7, 11) is 0. The third kappa shape index (κ3) is 1.07. The number of rotatable bonds is 0. The number of carbonyl (C=O) groups is 2. The van der Waals surface area contributed by atoms with Gasteiger partial charge in [0, 0.05) is 12.0 Å². The maximum Gasteiger partial charge on any atom is 0.253 e. The Bertz CT molecular complexity index is 228. The van der Waals surface area contributed by atoms with Crippen LogP contribution in [0.4, 0.5) is 0 Å². The summed E-state index contributed by atoms with van der Waals surface area (Å²) in [5.74, 6) is -0.457. The Hall–Kier alpha value is -1.12. The Labute approximate surface area is 59.1 Å². The lowest BCUT2D eigenvalue weighted by Crippen LogP contribution is -2.35. The molecular formula is C7H9NO2. The fourth-order valence-electron chi connectivity index (χ4n) is 0.832. The molecule has 54 valence electrons. The maximum atomic E-state index is 10.8. The van der Waals surface area contributed by atoms with Gasteiger partial charge in [0.15, 0.2) is 0 Å². The molecule has 1 heterocycles. The SMILES string of the molecule is CC1=C(C)C(=O)NC(=O)C1. The Kier molecular flexibility index (Phi) is 1.57. The normalized spacial score (nSPS) is 19.4. The molecule has 2 amide bonds. The van der Waals surface area contributed by atoms with Crippen LogP contribution < -0.4 is 5.32 Å². The average molecular weight is 139 g/mol. The van der Waals surface area contributed by atoms with Gasteiger partial charge in [-0.1, -0.05) is 5.57 Å². The van der Waals surface area contributed by atoms with Crippen LogP contribution >= 0.6 is 0 Å². The zero-order chi connectivity index (χ0) is 7.72. The van der Waals surface area contributed by atoms with Crippen LogP contribution in [-0.4, -0.2) is 11.8 Å². The van der Waals surface area contributed by atoms with E-state index in [4.69, 9.17) is 0 Å². The number of imide groups is 1. The molecule has 0 radical (unpaired) electrons. The molecule has 0 atom stereocenters. The van der Waals surface area contributed by atoms with Gasteiger partial charge in [0.2, 0.25) is 5.91 Å². The van der Waals surface area contributed by atoms with Gasteiger partial charge in [0.05, 0.1) is 0 Å². The van der Waals surface area contributed by atoms with E-state index < -0.39 is 0 Å². The van der Waals surface area contributed by atoms with Crippen molar-refractivity contribution in [2.45, 2.75) is 20.3 Å². The molecular weight excluding hydrogens is 130 g/mol. The average Bonchev–Trinajstić information content (AvgIpc) is 1.82. The number of amides is 2. The molecule has 0 saturated heterocycles. The third-order valence-corrected chi connectivity index (χ3v) is 1.66. The fourth-order valence-corrected chi connectivity index (χ4v) is 0.832. The van der Waals surface area contributed by atoms with Crippen molar-refractivity contribution in [2.75, 3.05) is 0 Å². The molecule has 0 aliphatic carbocycles. The second kappa shape index (κ2) is 2.25. The molecule has 0 fully saturated rings. The van der Waals surface area contributed by atoms with Crippen LogP contribution in [0, 0.1) is 0 Å². The summed E-state index contributed by atoms with van der Waals surface area (Å²) in [6.07, 6.45) is 0.359. The van der Waals surface area contributed by atoms with Gasteiger partial charge in [-0.25, -0.2) is 0 Å². The topological polar surface area (TPSA) is 46.2 Å². The predicted molar refractivity (Wildman–Crippen MR) is 36.1 cm³/mol. The smallest absolute Gasteiger partial charge is 0.253 e. The van der Waals surface area contributed by atoms with E-state index in [1.807, 2.05) is 0 Å². The second-order valence-electron chi connectivity index (χ2n) is 2.46. The quantitative estimate of drug-likeness (QED) is 0.493. The summed E-state index contributed by atoms with van der Waals surface area (Å²) < 4.78 is 0. The van der Waals surface area contributed by atoms with Crippen LogP contribution in [0.2, 0.25) is 0 Å². The molecule has 0 bridgehead atoms. The minimum atomic E-state index is -0.256. The lowest BCUT2D eigenvalue weighted by atomic mass is 10.0. The molecule has 10 heavy (non-hydrogen) atoms. The van der Waals surface area contributed by atoms with Crippen molar-refractivity contribution in [2.24, 2.45) is 0 Å². The summed E-state index contributed by atoms with van der Waals surface area (Å²) in [6.45, 7) is 3.52. The number of nitrogens with one attached hydrogen (secondary N) is 1. The number of hydrogen-bond acceptors (Lipinski definition) is 2. The highest BCUT2D eigenvalue weighted by atomic mass is 16.2. The molecule has 0 aromatic carbocycles. The van der Waals surface area contributed by atoms with Crippen molar-refractivity contribution in [3.63, 3.8) is 0 Å². The summed E-state index contributed by atoms with van der Waals surface area (Å²) in [5, 5.41) is 2.22. The fraction of sp³-hybridized carbons (Fsp3) is 0.429. The summed E-state index contributed by atoms with van der Waals surface area (Å²) >= 11 is 0. The van der Waals surface area contributed by atoms with Crippen molar-refractivity contribution in [1.82, 2.24) is 5.32 Å². The largest absolute Gasteiger partial charge is 0.292 e. The highest BCUT2D eigenvalue weighted by molar-refractivity contribution is 6.07. The van der Waals surface area contributed by atoms with Crippen molar-refractivity contribution >= 4 is 11.8 Å². The molecule has 0 aromatic rings. The molecule has 1 rings (SSSR count). The van der Waals surface area contributed by atoms with Gasteiger partial charge in [-0.3, -0.25) is 14.9 Å². The van der Waals surface area contributed by atoms with E-state index in [-0.39, 0.29) is 11.8 Å². The van der Waals surface area contributed by atoms with Gasteiger partial charge < -0.3 is 0 Å². The first-order chi connectivity index (χ1) is 4.61. The maximum absolute atomic E-state index is 10.8. The summed E-state index contributed by atoms with van der Waals surface area (Å²) in [4.78, 5) is 21.5. The second-order valence-corrected chi connectivity index (χ2v) is 2.46. The van der Waals surface area contributed by atoms with Gasteiger partial charge in [0.1, 0.15) is 0 Å². The van der Waals surface area contributed by atoms with Crippen LogP contribution in [0.15, 0.2) is 11.1 Å². The number of carbonyl (C=O) groups excluding carboxylic acids is 2. The molecule has 1 N–H and O–H groups in total. The Morgan fingerprint density at radius 3 is 2.40 bits per heavy atom. The van der Waals surface area contributed by atoms with E-state index >= 15 is 0 Å². The molecule has 0 spiro atoms. The number of hydrogen-bond donors (Lipinski definition) is 1.